The molecule has 0 amide bonds. The first-order valence-corrected chi connectivity index (χ1v) is 6.97. The average molecular weight is 291 g/mol. The van der Waals surface area contributed by atoms with Crippen LogP contribution < -0.4 is 15.8 Å². The van der Waals surface area contributed by atoms with Crippen molar-refractivity contribution in [1.29, 1.82) is 0 Å². The van der Waals surface area contributed by atoms with Gasteiger partial charge in [0.1, 0.15) is 5.75 Å². The molecule has 0 aliphatic rings. The number of anilines is 2. The number of benzene rings is 2. The van der Waals surface area contributed by atoms with E-state index in [9.17, 15) is 0 Å². The molecule has 3 nitrogen and oxygen atoms in total. The highest BCUT2D eigenvalue weighted by Crippen LogP contribution is 2.30. The predicted octanol–water partition coefficient (Wildman–Crippen LogP) is 4.32. The quantitative estimate of drug-likeness (QED) is 0.806. The lowest BCUT2D eigenvalue weighted by molar-refractivity contribution is 0.244. The minimum Gasteiger partial charge on any atom is -0.489 e. The van der Waals surface area contributed by atoms with Crippen molar-refractivity contribution in [2.75, 3.05) is 11.1 Å². The van der Waals surface area contributed by atoms with E-state index in [1.807, 2.05) is 56.3 Å². The number of ether oxygens (including phenoxy) is 1. The Hall–Kier alpha value is -1.87. The van der Waals surface area contributed by atoms with E-state index in [0.29, 0.717) is 18.0 Å². The molecule has 0 fully saturated rings. The van der Waals surface area contributed by atoms with Gasteiger partial charge < -0.3 is 15.8 Å². The molecule has 0 saturated heterocycles. The zero-order valence-corrected chi connectivity index (χ0v) is 12.4. The van der Waals surface area contributed by atoms with E-state index in [-0.39, 0.29) is 6.10 Å². The molecule has 0 aliphatic carbocycles. The van der Waals surface area contributed by atoms with Crippen molar-refractivity contribution < 1.29 is 4.74 Å². The maximum Gasteiger partial charge on any atom is 0.144 e. The van der Waals surface area contributed by atoms with Crippen LogP contribution in [0, 0.1) is 0 Å². The number of halogens is 1. The smallest absolute Gasteiger partial charge is 0.144 e. The molecule has 0 heterocycles. The Balaban J connectivity index is 2.10. The van der Waals surface area contributed by atoms with Gasteiger partial charge in [-0.05, 0) is 43.7 Å². The molecule has 0 aliphatic heterocycles. The third-order valence-corrected chi connectivity index (χ3v) is 3.04. The minimum absolute atomic E-state index is 0.0977. The SMILES string of the molecule is CC(C)Oc1cccc(NCc2cccc(Cl)c2)c1N. The summed E-state index contributed by atoms with van der Waals surface area (Å²) in [6.07, 6.45) is 0.0977. The second-order valence-corrected chi connectivity index (χ2v) is 5.30. The molecular formula is C16H19ClN2O. The van der Waals surface area contributed by atoms with E-state index in [4.69, 9.17) is 22.1 Å². The van der Waals surface area contributed by atoms with E-state index in [1.54, 1.807) is 0 Å². The van der Waals surface area contributed by atoms with Crippen LogP contribution in [0.2, 0.25) is 5.02 Å². The average Bonchev–Trinajstić information content (AvgIpc) is 2.39. The Labute approximate surface area is 124 Å². The van der Waals surface area contributed by atoms with Crippen LogP contribution in [0.5, 0.6) is 5.75 Å². The predicted molar refractivity (Wildman–Crippen MR) is 85.4 cm³/mol. The minimum atomic E-state index is 0.0977. The van der Waals surface area contributed by atoms with Gasteiger partial charge in [-0.25, -0.2) is 0 Å². The number of hydrogen-bond acceptors (Lipinski definition) is 3. The van der Waals surface area contributed by atoms with Crippen molar-refractivity contribution in [2.24, 2.45) is 0 Å². The fourth-order valence-electron chi connectivity index (χ4n) is 1.90. The van der Waals surface area contributed by atoms with Gasteiger partial charge in [0.25, 0.3) is 0 Å². The molecule has 106 valence electrons. The van der Waals surface area contributed by atoms with Crippen molar-refractivity contribution in [3.63, 3.8) is 0 Å². The van der Waals surface area contributed by atoms with Gasteiger partial charge >= 0.3 is 0 Å². The number of hydrogen-bond donors (Lipinski definition) is 2. The van der Waals surface area contributed by atoms with Gasteiger partial charge in [0.15, 0.2) is 0 Å². The van der Waals surface area contributed by atoms with Crippen LogP contribution in [0.1, 0.15) is 19.4 Å². The third-order valence-electron chi connectivity index (χ3n) is 2.80. The first-order valence-electron chi connectivity index (χ1n) is 6.59. The summed E-state index contributed by atoms with van der Waals surface area (Å²) in [5.74, 6) is 0.705. The Morgan fingerprint density at radius 2 is 1.95 bits per heavy atom. The van der Waals surface area contributed by atoms with E-state index >= 15 is 0 Å². The van der Waals surface area contributed by atoms with Crippen LogP contribution in [0.3, 0.4) is 0 Å². The molecule has 20 heavy (non-hydrogen) atoms. The summed E-state index contributed by atoms with van der Waals surface area (Å²) in [7, 11) is 0. The summed E-state index contributed by atoms with van der Waals surface area (Å²) in [6, 6.07) is 13.5. The molecule has 3 N–H and O–H groups in total. The maximum atomic E-state index is 6.11. The van der Waals surface area contributed by atoms with E-state index in [2.05, 4.69) is 5.32 Å². The Kier molecular flexibility index (Phi) is 4.74. The normalized spacial score (nSPS) is 10.6. The van der Waals surface area contributed by atoms with E-state index < -0.39 is 0 Å². The van der Waals surface area contributed by atoms with Gasteiger partial charge in [-0.2, -0.15) is 0 Å². The fourth-order valence-corrected chi connectivity index (χ4v) is 2.11. The van der Waals surface area contributed by atoms with Crippen LogP contribution in [-0.2, 0) is 6.54 Å². The van der Waals surface area contributed by atoms with Gasteiger partial charge in [-0.15, -0.1) is 0 Å². The van der Waals surface area contributed by atoms with Crippen molar-refractivity contribution in [2.45, 2.75) is 26.5 Å². The van der Waals surface area contributed by atoms with Gasteiger partial charge in [0.05, 0.1) is 17.5 Å². The van der Waals surface area contributed by atoms with Crippen molar-refractivity contribution in [3.8, 4) is 5.75 Å². The molecule has 2 rings (SSSR count). The number of nitrogens with one attached hydrogen (secondary N) is 1. The molecule has 0 unspecified atom stereocenters. The van der Waals surface area contributed by atoms with Gasteiger partial charge in [0, 0.05) is 11.6 Å². The lowest BCUT2D eigenvalue weighted by Crippen LogP contribution is -2.09. The second-order valence-electron chi connectivity index (χ2n) is 4.87. The Morgan fingerprint density at radius 1 is 1.20 bits per heavy atom. The largest absolute Gasteiger partial charge is 0.489 e. The molecule has 0 saturated carbocycles. The molecule has 0 bridgehead atoms. The molecule has 4 heteroatoms. The van der Waals surface area contributed by atoms with Crippen molar-refractivity contribution in [3.05, 3.63) is 53.1 Å². The summed E-state index contributed by atoms with van der Waals surface area (Å²) in [4.78, 5) is 0. The van der Waals surface area contributed by atoms with Crippen LogP contribution in [0.25, 0.3) is 0 Å². The first kappa shape index (κ1) is 14.5. The van der Waals surface area contributed by atoms with Crippen molar-refractivity contribution >= 4 is 23.0 Å². The Morgan fingerprint density at radius 3 is 2.65 bits per heavy atom. The Bertz CT molecular complexity index is 584. The third kappa shape index (κ3) is 3.81. The zero-order valence-electron chi connectivity index (χ0n) is 11.7. The maximum absolute atomic E-state index is 6.11. The van der Waals surface area contributed by atoms with Crippen LogP contribution in [0.15, 0.2) is 42.5 Å². The summed E-state index contributed by atoms with van der Waals surface area (Å²) < 4.78 is 5.67. The topological polar surface area (TPSA) is 47.3 Å². The molecule has 0 spiro atoms. The van der Waals surface area contributed by atoms with Crippen LogP contribution in [0.4, 0.5) is 11.4 Å². The molecule has 0 aromatic heterocycles. The monoisotopic (exact) mass is 290 g/mol. The van der Waals surface area contributed by atoms with Crippen LogP contribution >= 0.6 is 11.6 Å². The summed E-state index contributed by atoms with van der Waals surface area (Å²) in [5.41, 5.74) is 8.71. The highest BCUT2D eigenvalue weighted by atomic mass is 35.5. The number of nitrogens with two attached hydrogens (primary N) is 1. The molecule has 2 aromatic rings. The summed E-state index contributed by atoms with van der Waals surface area (Å²) in [6.45, 7) is 4.62. The lowest BCUT2D eigenvalue weighted by Gasteiger charge is -2.15. The zero-order chi connectivity index (χ0) is 14.5. The summed E-state index contributed by atoms with van der Waals surface area (Å²) >= 11 is 5.97. The number of nitrogen functional groups attached to an aromatic ring is 1. The highest BCUT2D eigenvalue weighted by molar-refractivity contribution is 6.30. The number of para-hydroxylation sites is 1. The van der Waals surface area contributed by atoms with Gasteiger partial charge in [-0.1, -0.05) is 29.8 Å². The van der Waals surface area contributed by atoms with E-state index in [0.717, 1.165) is 16.3 Å². The van der Waals surface area contributed by atoms with Gasteiger partial charge in [-0.3, -0.25) is 0 Å². The fraction of sp³-hybridized carbons (Fsp3) is 0.250. The van der Waals surface area contributed by atoms with Gasteiger partial charge in [0.2, 0.25) is 0 Å². The number of rotatable bonds is 5. The summed E-state index contributed by atoms with van der Waals surface area (Å²) in [5, 5.41) is 4.04. The molecule has 2 aromatic carbocycles. The molecule has 0 atom stereocenters. The van der Waals surface area contributed by atoms with E-state index in [1.165, 1.54) is 0 Å². The lowest BCUT2D eigenvalue weighted by atomic mass is 10.2. The van der Waals surface area contributed by atoms with Crippen LogP contribution in [-0.4, -0.2) is 6.10 Å². The first-order chi connectivity index (χ1) is 9.56. The highest BCUT2D eigenvalue weighted by Gasteiger charge is 2.07. The molecular weight excluding hydrogens is 272 g/mol. The second kappa shape index (κ2) is 6.53. The van der Waals surface area contributed by atoms with Crippen molar-refractivity contribution in [1.82, 2.24) is 0 Å². The molecule has 0 radical (unpaired) electrons. The standard InChI is InChI=1S/C16H19ClN2O/c1-11(2)20-15-8-4-7-14(16(15)18)19-10-12-5-3-6-13(17)9-12/h3-9,11,19H,10,18H2,1-2H3.